The monoisotopic (exact) mass is 194 g/mol. The molecule has 1 saturated carbocycles. The molecule has 2 aliphatic carbocycles. The summed E-state index contributed by atoms with van der Waals surface area (Å²) in [6.07, 6.45) is 8.48. The molecule has 0 heterocycles. The second-order valence-corrected chi connectivity index (χ2v) is 4.80. The normalized spacial score (nSPS) is 40.7. The van der Waals surface area contributed by atoms with E-state index in [0.717, 1.165) is 19.3 Å². The zero-order valence-corrected chi connectivity index (χ0v) is 8.95. The first kappa shape index (κ1) is 9.75. The van der Waals surface area contributed by atoms with Crippen LogP contribution in [0.1, 0.15) is 32.6 Å². The molecule has 0 radical (unpaired) electrons. The van der Waals surface area contributed by atoms with Crippen LogP contribution in [-0.4, -0.2) is 13.1 Å². The Morgan fingerprint density at radius 1 is 1.50 bits per heavy atom. The van der Waals surface area contributed by atoms with Crippen molar-refractivity contribution in [3.8, 4) is 0 Å². The molecule has 0 bridgehead atoms. The SMILES string of the molecule is COC(=O)[C@@]12CC=CC[C@H]1C[C@H](C)C2. The van der Waals surface area contributed by atoms with Crippen LogP contribution in [-0.2, 0) is 9.53 Å². The lowest BCUT2D eigenvalue weighted by Crippen LogP contribution is -2.36. The van der Waals surface area contributed by atoms with E-state index in [1.807, 2.05) is 0 Å². The van der Waals surface area contributed by atoms with Crippen molar-refractivity contribution in [2.75, 3.05) is 7.11 Å². The summed E-state index contributed by atoms with van der Waals surface area (Å²) in [5, 5.41) is 0. The highest BCUT2D eigenvalue weighted by Crippen LogP contribution is 2.53. The molecule has 2 heteroatoms. The largest absolute Gasteiger partial charge is 0.469 e. The van der Waals surface area contributed by atoms with E-state index in [2.05, 4.69) is 19.1 Å². The fourth-order valence-corrected chi connectivity index (χ4v) is 3.25. The summed E-state index contributed by atoms with van der Waals surface area (Å²) in [7, 11) is 1.51. The molecule has 0 aromatic rings. The molecular formula is C12H18O2. The van der Waals surface area contributed by atoms with Gasteiger partial charge in [0.25, 0.3) is 0 Å². The van der Waals surface area contributed by atoms with Crippen LogP contribution in [0.5, 0.6) is 0 Å². The molecule has 3 atom stereocenters. The molecule has 14 heavy (non-hydrogen) atoms. The third-order valence-electron chi connectivity index (χ3n) is 3.84. The molecule has 0 aromatic heterocycles. The molecule has 0 N–H and O–H groups in total. The summed E-state index contributed by atoms with van der Waals surface area (Å²) in [5.74, 6) is 1.20. The molecule has 2 rings (SSSR count). The molecule has 0 unspecified atom stereocenters. The van der Waals surface area contributed by atoms with Gasteiger partial charge in [-0.1, -0.05) is 19.1 Å². The maximum Gasteiger partial charge on any atom is 0.312 e. The van der Waals surface area contributed by atoms with Crippen LogP contribution in [0.15, 0.2) is 12.2 Å². The second kappa shape index (κ2) is 3.41. The fraction of sp³-hybridized carbons (Fsp3) is 0.750. The molecule has 1 fully saturated rings. The first-order valence-corrected chi connectivity index (χ1v) is 5.42. The zero-order chi connectivity index (χ0) is 10.2. The maximum absolute atomic E-state index is 11.9. The highest BCUT2D eigenvalue weighted by Gasteiger charge is 2.51. The number of hydrogen-bond donors (Lipinski definition) is 0. The quantitative estimate of drug-likeness (QED) is 0.473. The zero-order valence-electron chi connectivity index (χ0n) is 8.95. The van der Waals surface area contributed by atoms with Gasteiger partial charge in [0.2, 0.25) is 0 Å². The number of carbonyl (C=O) groups is 1. The molecule has 0 aliphatic heterocycles. The van der Waals surface area contributed by atoms with Gasteiger partial charge >= 0.3 is 5.97 Å². The third kappa shape index (κ3) is 1.28. The highest BCUT2D eigenvalue weighted by atomic mass is 16.5. The van der Waals surface area contributed by atoms with E-state index in [4.69, 9.17) is 4.74 Å². The number of rotatable bonds is 1. The van der Waals surface area contributed by atoms with Gasteiger partial charge in [-0.3, -0.25) is 4.79 Å². The Balaban J connectivity index is 2.28. The predicted molar refractivity (Wildman–Crippen MR) is 54.7 cm³/mol. The van der Waals surface area contributed by atoms with Crippen molar-refractivity contribution in [1.82, 2.24) is 0 Å². The topological polar surface area (TPSA) is 26.3 Å². The first-order chi connectivity index (χ1) is 6.69. The van der Waals surface area contributed by atoms with E-state index < -0.39 is 0 Å². The molecular weight excluding hydrogens is 176 g/mol. The minimum atomic E-state index is -0.178. The standard InChI is InChI=1S/C12H18O2/c1-9-7-10-5-3-4-6-12(10,8-9)11(13)14-2/h3-4,9-10H,5-8H2,1-2H3/t9-,10-,12+/m0/s1. The van der Waals surface area contributed by atoms with Gasteiger partial charge in [0.1, 0.15) is 0 Å². The van der Waals surface area contributed by atoms with Gasteiger partial charge in [0.15, 0.2) is 0 Å². The third-order valence-corrected chi connectivity index (χ3v) is 3.84. The van der Waals surface area contributed by atoms with Crippen molar-refractivity contribution in [3.05, 3.63) is 12.2 Å². The van der Waals surface area contributed by atoms with Gasteiger partial charge < -0.3 is 4.74 Å². The van der Waals surface area contributed by atoms with Crippen molar-refractivity contribution in [1.29, 1.82) is 0 Å². The van der Waals surface area contributed by atoms with Crippen LogP contribution in [0.4, 0.5) is 0 Å². The maximum atomic E-state index is 11.9. The molecule has 2 nitrogen and oxygen atoms in total. The lowest BCUT2D eigenvalue weighted by Gasteiger charge is -2.33. The Hall–Kier alpha value is -0.790. The Morgan fingerprint density at radius 3 is 3.00 bits per heavy atom. The summed E-state index contributed by atoms with van der Waals surface area (Å²) in [6.45, 7) is 2.24. The number of esters is 1. The Morgan fingerprint density at radius 2 is 2.29 bits per heavy atom. The van der Waals surface area contributed by atoms with Crippen LogP contribution < -0.4 is 0 Å². The summed E-state index contributed by atoms with van der Waals surface area (Å²) in [4.78, 5) is 11.9. The molecule has 0 aromatic carbocycles. The Kier molecular flexibility index (Phi) is 2.38. The minimum Gasteiger partial charge on any atom is -0.469 e. The first-order valence-electron chi connectivity index (χ1n) is 5.42. The predicted octanol–water partition coefficient (Wildman–Crippen LogP) is 2.54. The number of methoxy groups -OCH3 is 1. The van der Waals surface area contributed by atoms with Crippen molar-refractivity contribution in [2.45, 2.75) is 32.6 Å². The van der Waals surface area contributed by atoms with E-state index in [0.29, 0.717) is 11.8 Å². The van der Waals surface area contributed by atoms with Crippen LogP contribution in [0.25, 0.3) is 0 Å². The van der Waals surface area contributed by atoms with E-state index in [1.54, 1.807) is 0 Å². The average Bonchev–Trinajstić information content (AvgIpc) is 2.53. The van der Waals surface area contributed by atoms with Crippen molar-refractivity contribution >= 4 is 5.97 Å². The van der Waals surface area contributed by atoms with Crippen molar-refractivity contribution in [3.63, 3.8) is 0 Å². The van der Waals surface area contributed by atoms with Crippen LogP contribution in [0.3, 0.4) is 0 Å². The van der Waals surface area contributed by atoms with Gasteiger partial charge in [-0.25, -0.2) is 0 Å². The Bertz CT molecular complexity index is 269. The lowest BCUT2D eigenvalue weighted by atomic mass is 9.71. The van der Waals surface area contributed by atoms with Gasteiger partial charge in [-0.05, 0) is 37.5 Å². The molecule has 0 amide bonds. The van der Waals surface area contributed by atoms with Crippen LogP contribution >= 0.6 is 0 Å². The fourth-order valence-electron chi connectivity index (χ4n) is 3.25. The number of allylic oxidation sites excluding steroid dienone is 2. The molecule has 78 valence electrons. The average molecular weight is 194 g/mol. The van der Waals surface area contributed by atoms with Gasteiger partial charge in [0, 0.05) is 0 Å². The Labute approximate surface area is 85.3 Å². The molecule has 0 saturated heterocycles. The molecule has 0 spiro atoms. The van der Waals surface area contributed by atoms with Gasteiger partial charge in [-0.15, -0.1) is 0 Å². The molecule has 2 aliphatic rings. The minimum absolute atomic E-state index is 0.0104. The van der Waals surface area contributed by atoms with E-state index in [-0.39, 0.29) is 11.4 Å². The summed E-state index contributed by atoms with van der Waals surface area (Å²) < 4.78 is 4.97. The number of hydrogen-bond acceptors (Lipinski definition) is 2. The van der Waals surface area contributed by atoms with Gasteiger partial charge in [-0.2, -0.15) is 0 Å². The van der Waals surface area contributed by atoms with E-state index in [1.165, 1.54) is 13.5 Å². The van der Waals surface area contributed by atoms with Gasteiger partial charge in [0.05, 0.1) is 12.5 Å². The highest BCUT2D eigenvalue weighted by molar-refractivity contribution is 5.78. The van der Waals surface area contributed by atoms with Crippen LogP contribution in [0.2, 0.25) is 0 Å². The lowest BCUT2D eigenvalue weighted by molar-refractivity contribution is -0.155. The summed E-state index contributed by atoms with van der Waals surface area (Å²) in [5.41, 5.74) is -0.178. The van der Waals surface area contributed by atoms with Crippen LogP contribution in [0, 0.1) is 17.3 Å². The van der Waals surface area contributed by atoms with Crippen molar-refractivity contribution in [2.24, 2.45) is 17.3 Å². The second-order valence-electron chi connectivity index (χ2n) is 4.80. The van der Waals surface area contributed by atoms with E-state index >= 15 is 0 Å². The smallest absolute Gasteiger partial charge is 0.312 e. The summed E-state index contributed by atoms with van der Waals surface area (Å²) >= 11 is 0. The summed E-state index contributed by atoms with van der Waals surface area (Å²) in [6, 6.07) is 0. The van der Waals surface area contributed by atoms with Crippen molar-refractivity contribution < 1.29 is 9.53 Å². The number of carbonyl (C=O) groups excluding carboxylic acids is 1. The number of fused-ring (bicyclic) bond motifs is 1. The van der Waals surface area contributed by atoms with E-state index in [9.17, 15) is 4.79 Å². The number of ether oxygens (including phenoxy) is 1.